The highest BCUT2D eigenvalue weighted by Gasteiger charge is 2.19. The summed E-state index contributed by atoms with van der Waals surface area (Å²) in [5.74, 6) is -1.04. The number of furan rings is 1. The minimum absolute atomic E-state index is 0.203. The van der Waals surface area contributed by atoms with Gasteiger partial charge in [0.1, 0.15) is 11.8 Å². The normalized spacial score (nSPS) is 11.5. The number of carbonyl (C=O) groups excluding carboxylic acids is 2. The molecular formula is C14H21N3O5. The Kier molecular flexibility index (Phi) is 7.52. The number of unbranched alkanes of at least 4 members (excludes halogenated alkanes) is 1. The summed E-state index contributed by atoms with van der Waals surface area (Å²) in [4.78, 5) is 34.1. The van der Waals surface area contributed by atoms with Gasteiger partial charge in [-0.15, -0.1) is 0 Å². The predicted octanol–water partition coefficient (Wildman–Crippen LogP) is 0.838. The van der Waals surface area contributed by atoms with Crippen molar-refractivity contribution in [2.75, 3.05) is 6.54 Å². The number of nitrogens with one attached hydrogen (secondary N) is 3. The number of rotatable bonds is 9. The summed E-state index contributed by atoms with van der Waals surface area (Å²) in [6, 6.07) is 1.94. The molecule has 1 rings (SSSR count). The first kappa shape index (κ1) is 17.5. The Hall–Kier alpha value is -2.51. The van der Waals surface area contributed by atoms with Gasteiger partial charge in [-0.1, -0.05) is 19.8 Å². The van der Waals surface area contributed by atoms with Crippen molar-refractivity contribution in [3.63, 3.8) is 0 Å². The minimum atomic E-state index is -1.08. The standard InChI is InChI=1S/C14H21N3O5/c1-2-3-6-11(13(19)20)17-12(18)9-16-14(21)15-8-10-5-4-7-22-10/h4-5,7,11H,2-3,6,8-9H2,1H3,(H,17,18)(H,19,20)(H2,15,16,21). The monoisotopic (exact) mass is 311 g/mol. The highest BCUT2D eigenvalue weighted by atomic mass is 16.4. The van der Waals surface area contributed by atoms with Gasteiger partial charge in [-0.25, -0.2) is 9.59 Å². The number of hydrogen-bond donors (Lipinski definition) is 4. The Morgan fingerprint density at radius 1 is 1.32 bits per heavy atom. The molecule has 8 heteroatoms. The number of aliphatic carboxylic acids is 1. The fourth-order valence-electron chi connectivity index (χ4n) is 1.71. The first-order chi connectivity index (χ1) is 10.5. The van der Waals surface area contributed by atoms with Crippen LogP contribution in [-0.4, -0.2) is 35.6 Å². The van der Waals surface area contributed by atoms with Crippen LogP contribution in [0.3, 0.4) is 0 Å². The maximum Gasteiger partial charge on any atom is 0.326 e. The second kappa shape index (κ2) is 9.43. The van der Waals surface area contributed by atoms with Crippen molar-refractivity contribution in [2.45, 2.75) is 38.8 Å². The second-order valence-electron chi connectivity index (χ2n) is 4.72. The summed E-state index contributed by atoms with van der Waals surface area (Å²) in [6.07, 6.45) is 3.40. The molecule has 1 aromatic rings. The van der Waals surface area contributed by atoms with E-state index >= 15 is 0 Å². The maximum absolute atomic E-state index is 11.6. The molecule has 22 heavy (non-hydrogen) atoms. The second-order valence-corrected chi connectivity index (χ2v) is 4.72. The molecule has 0 radical (unpaired) electrons. The molecule has 8 nitrogen and oxygen atoms in total. The van der Waals surface area contributed by atoms with Crippen molar-refractivity contribution in [2.24, 2.45) is 0 Å². The summed E-state index contributed by atoms with van der Waals surface area (Å²) in [5.41, 5.74) is 0. The molecule has 0 saturated heterocycles. The summed E-state index contributed by atoms with van der Waals surface area (Å²) in [5, 5.41) is 16.2. The van der Waals surface area contributed by atoms with Gasteiger partial charge in [-0.05, 0) is 18.6 Å². The zero-order chi connectivity index (χ0) is 16.4. The number of carbonyl (C=O) groups is 3. The van der Waals surface area contributed by atoms with Crippen molar-refractivity contribution in [3.8, 4) is 0 Å². The molecule has 1 heterocycles. The van der Waals surface area contributed by atoms with Crippen LogP contribution in [0.1, 0.15) is 31.9 Å². The van der Waals surface area contributed by atoms with Crippen LogP contribution in [0.25, 0.3) is 0 Å². The van der Waals surface area contributed by atoms with Gasteiger partial charge in [0.25, 0.3) is 0 Å². The molecule has 0 bridgehead atoms. The van der Waals surface area contributed by atoms with E-state index in [2.05, 4.69) is 16.0 Å². The molecule has 0 fully saturated rings. The number of hydrogen-bond acceptors (Lipinski definition) is 4. The van der Waals surface area contributed by atoms with Crippen LogP contribution in [0.5, 0.6) is 0 Å². The van der Waals surface area contributed by atoms with Crippen LogP contribution in [0.4, 0.5) is 4.79 Å². The van der Waals surface area contributed by atoms with Crippen LogP contribution < -0.4 is 16.0 Å². The fourth-order valence-corrected chi connectivity index (χ4v) is 1.71. The Morgan fingerprint density at radius 3 is 2.68 bits per heavy atom. The SMILES string of the molecule is CCCCC(NC(=O)CNC(=O)NCc1ccco1)C(=O)O. The van der Waals surface area contributed by atoms with Gasteiger partial charge >= 0.3 is 12.0 Å². The molecule has 0 aliphatic heterocycles. The molecule has 4 N–H and O–H groups in total. The summed E-state index contributed by atoms with van der Waals surface area (Å²) in [7, 11) is 0. The van der Waals surface area contributed by atoms with E-state index in [0.29, 0.717) is 18.6 Å². The summed E-state index contributed by atoms with van der Waals surface area (Å²) < 4.78 is 5.04. The highest BCUT2D eigenvalue weighted by Crippen LogP contribution is 2.00. The third-order valence-corrected chi connectivity index (χ3v) is 2.89. The third kappa shape index (κ3) is 6.78. The molecule has 0 saturated carbocycles. The lowest BCUT2D eigenvalue weighted by atomic mass is 10.1. The molecule has 0 aromatic carbocycles. The third-order valence-electron chi connectivity index (χ3n) is 2.89. The average Bonchev–Trinajstić information content (AvgIpc) is 3.00. The van der Waals surface area contributed by atoms with Gasteiger partial charge in [0, 0.05) is 0 Å². The molecular weight excluding hydrogens is 290 g/mol. The molecule has 0 spiro atoms. The lowest BCUT2D eigenvalue weighted by Gasteiger charge is -2.14. The first-order valence-corrected chi connectivity index (χ1v) is 7.09. The van der Waals surface area contributed by atoms with Crippen LogP contribution in [0.2, 0.25) is 0 Å². The van der Waals surface area contributed by atoms with E-state index in [1.807, 2.05) is 6.92 Å². The molecule has 1 unspecified atom stereocenters. The van der Waals surface area contributed by atoms with Crippen molar-refractivity contribution in [1.29, 1.82) is 0 Å². The van der Waals surface area contributed by atoms with E-state index in [9.17, 15) is 14.4 Å². The van der Waals surface area contributed by atoms with Crippen LogP contribution in [0, 0.1) is 0 Å². The lowest BCUT2D eigenvalue weighted by Crippen LogP contribution is -2.47. The van der Waals surface area contributed by atoms with Gasteiger partial charge in [0.2, 0.25) is 5.91 Å². The minimum Gasteiger partial charge on any atom is -0.480 e. The Bertz CT molecular complexity index is 487. The Morgan fingerprint density at radius 2 is 2.09 bits per heavy atom. The van der Waals surface area contributed by atoms with E-state index in [-0.39, 0.29) is 13.1 Å². The smallest absolute Gasteiger partial charge is 0.326 e. The van der Waals surface area contributed by atoms with Crippen molar-refractivity contribution in [1.82, 2.24) is 16.0 Å². The van der Waals surface area contributed by atoms with Crippen LogP contribution in [-0.2, 0) is 16.1 Å². The quantitative estimate of drug-likeness (QED) is 0.538. The molecule has 0 aliphatic carbocycles. The van der Waals surface area contributed by atoms with Gasteiger partial charge in [0.05, 0.1) is 19.4 Å². The zero-order valence-corrected chi connectivity index (χ0v) is 12.4. The van der Waals surface area contributed by atoms with Gasteiger partial charge < -0.3 is 25.5 Å². The zero-order valence-electron chi connectivity index (χ0n) is 12.4. The Labute approximate surface area is 128 Å². The van der Waals surface area contributed by atoms with Gasteiger partial charge in [-0.2, -0.15) is 0 Å². The molecule has 3 amide bonds. The van der Waals surface area contributed by atoms with Crippen LogP contribution in [0.15, 0.2) is 22.8 Å². The summed E-state index contributed by atoms with van der Waals surface area (Å²) >= 11 is 0. The van der Waals surface area contributed by atoms with Crippen molar-refractivity contribution >= 4 is 17.9 Å². The number of carboxylic acids is 1. The summed E-state index contributed by atoms with van der Waals surface area (Å²) in [6.45, 7) is 1.85. The lowest BCUT2D eigenvalue weighted by molar-refractivity contribution is -0.141. The van der Waals surface area contributed by atoms with Gasteiger partial charge in [0.15, 0.2) is 0 Å². The van der Waals surface area contributed by atoms with Crippen molar-refractivity contribution < 1.29 is 23.9 Å². The van der Waals surface area contributed by atoms with E-state index in [4.69, 9.17) is 9.52 Å². The largest absolute Gasteiger partial charge is 0.480 e. The van der Waals surface area contributed by atoms with E-state index in [0.717, 1.165) is 6.42 Å². The Balaban J connectivity index is 2.25. The number of amides is 3. The topological polar surface area (TPSA) is 121 Å². The molecule has 122 valence electrons. The molecule has 1 aromatic heterocycles. The molecule has 1 atom stereocenters. The van der Waals surface area contributed by atoms with Crippen molar-refractivity contribution in [3.05, 3.63) is 24.2 Å². The van der Waals surface area contributed by atoms with Gasteiger partial charge in [-0.3, -0.25) is 4.79 Å². The molecule has 0 aliphatic rings. The fraction of sp³-hybridized carbons (Fsp3) is 0.500. The number of carboxylic acid groups (broad SMARTS) is 1. The average molecular weight is 311 g/mol. The van der Waals surface area contributed by atoms with E-state index in [1.54, 1.807) is 12.1 Å². The highest BCUT2D eigenvalue weighted by molar-refractivity contribution is 5.87. The first-order valence-electron chi connectivity index (χ1n) is 7.09. The van der Waals surface area contributed by atoms with E-state index < -0.39 is 23.9 Å². The maximum atomic E-state index is 11.6. The number of urea groups is 1. The van der Waals surface area contributed by atoms with Crippen LogP contribution >= 0.6 is 0 Å². The predicted molar refractivity (Wildman–Crippen MR) is 78.0 cm³/mol. The van der Waals surface area contributed by atoms with E-state index in [1.165, 1.54) is 6.26 Å².